The minimum Gasteiger partial charge on any atom is -0.347 e. The first-order valence-corrected chi connectivity index (χ1v) is 8.34. The number of nitrogens with one attached hydrogen (secondary N) is 1. The van der Waals surface area contributed by atoms with E-state index >= 15 is 0 Å². The number of benzene rings is 1. The third kappa shape index (κ3) is 3.23. The van der Waals surface area contributed by atoms with Crippen LogP contribution in [0.25, 0.3) is 0 Å². The number of amides is 1. The molecule has 2 aromatic rings. The Kier molecular flexibility index (Phi) is 4.49. The van der Waals surface area contributed by atoms with E-state index in [-0.39, 0.29) is 18.0 Å². The molecule has 1 aliphatic rings. The molecule has 4 nitrogen and oxygen atoms in total. The van der Waals surface area contributed by atoms with Crippen LogP contribution in [0.15, 0.2) is 36.9 Å². The van der Waals surface area contributed by atoms with E-state index in [1.807, 2.05) is 24.7 Å². The lowest BCUT2D eigenvalue weighted by Crippen LogP contribution is -2.38. The van der Waals surface area contributed by atoms with Crippen molar-refractivity contribution in [2.75, 3.05) is 0 Å². The van der Waals surface area contributed by atoms with E-state index in [1.165, 1.54) is 0 Å². The maximum Gasteiger partial charge on any atom is 0.251 e. The number of hydrogen-bond donors (Lipinski definition) is 1. The summed E-state index contributed by atoms with van der Waals surface area (Å²) in [4.78, 5) is 16.5. The summed E-state index contributed by atoms with van der Waals surface area (Å²) in [5.74, 6) is -0.0645. The number of imidazole rings is 1. The van der Waals surface area contributed by atoms with Gasteiger partial charge >= 0.3 is 0 Å². The summed E-state index contributed by atoms with van der Waals surface area (Å²) >= 11 is 8.24. The number of hydrogen-bond acceptors (Lipinski definition) is 2. The second kappa shape index (κ2) is 6.36. The molecule has 0 aliphatic heterocycles. The molecule has 0 spiro atoms. The zero-order chi connectivity index (χ0) is 14.8. The summed E-state index contributed by atoms with van der Waals surface area (Å²) in [6.07, 6.45) is 8.71. The Labute approximate surface area is 142 Å². The molecule has 0 saturated heterocycles. The van der Waals surface area contributed by atoms with Crippen molar-refractivity contribution >= 4 is 40.1 Å². The van der Waals surface area contributed by atoms with Crippen LogP contribution in [0.5, 0.6) is 0 Å². The van der Waals surface area contributed by atoms with Gasteiger partial charge in [-0.25, -0.2) is 4.98 Å². The quantitative estimate of drug-likeness (QED) is 0.778. The average molecular weight is 416 g/mol. The Morgan fingerprint density at radius 3 is 3.00 bits per heavy atom. The molecule has 1 aromatic heterocycles. The van der Waals surface area contributed by atoms with Crippen molar-refractivity contribution in [3.05, 3.63) is 51.1 Å². The van der Waals surface area contributed by atoms with E-state index in [1.54, 1.807) is 12.3 Å². The van der Waals surface area contributed by atoms with E-state index in [9.17, 15) is 4.79 Å². The Hall–Kier alpha value is -1.08. The Morgan fingerprint density at radius 1 is 1.43 bits per heavy atom. The summed E-state index contributed by atoms with van der Waals surface area (Å²) in [5, 5.41) is 3.74. The van der Waals surface area contributed by atoms with Crippen LogP contribution in [0.4, 0.5) is 0 Å². The Bertz CT molecular complexity index is 644. The molecule has 1 saturated carbocycles. The van der Waals surface area contributed by atoms with Gasteiger partial charge in [-0.15, -0.1) is 0 Å². The van der Waals surface area contributed by atoms with E-state index < -0.39 is 0 Å². The van der Waals surface area contributed by atoms with Crippen LogP contribution in [-0.4, -0.2) is 21.5 Å². The molecule has 1 N–H and O–H groups in total. The highest BCUT2D eigenvalue weighted by Gasteiger charge is 2.29. The van der Waals surface area contributed by atoms with Crippen LogP contribution in [0, 0.1) is 3.57 Å². The number of carbonyl (C=O) groups excluding carboxylic acids is 1. The standard InChI is InChI=1S/C15H15ClIN3O/c16-11-8-10(4-5-12(11)17)15(21)19-13-2-1-3-14(13)20-7-6-18-9-20/h4-9,13-14H,1-3H2,(H,19,21). The highest BCUT2D eigenvalue weighted by molar-refractivity contribution is 14.1. The smallest absolute Gasteiger partial charge is 0.251 e. The maximum atomic E-state index is 12.4. The van der Waals surface area contributed by atoms with Gasteiger partial charge in [0.05, 0.1) is 17.4 Å². The lowest BCUT2D eigenvalue weighted by atomic mass is 10.1. The van der Waals surface area contributed by atoms with Crippen molar-refractivity contribution in [3.63, 3.8) is 0 Å². The molecule has 6 heteroatoms. The summed E-state index contributed by atoms with van der Waals surface area (Å²) in [7, 11) is 0. The second-order valence-corrected chi connectivity index (χ2v) is 6.79. The van der Waals surface area contributed by atoms with E-state index in [2.05, 4.69) is 37.5 Å². The molecular formula is C15H15ClIN3O. The first kappa shape index (κ1) is 14.8. The third-order valence-corrected chi connectivity index (χ3v) is 5.46. The molecule has 1 aromatic carbocycles. The molecule has 3 rings (SSSR count). The predicted octanol–water partition coefficient (Wildman–Crippen LogP) is 3.66. The molecule has 1 heterocycles. The molecule has 0 bridgehead atoms. The van der Waals surface area contributed by atoms with Crippen LogP contribution < -0.4 is 5.32 Å². The highest BCUT2D eigenvalue weighted by atomic mass is 127. The lowest BCUT2D eigenvalue weighted by molar-refractivity contribution is 0.0929. The van der Waals surface area contributed by atoms with Crippen LogP contribution in [0.1, 0.15) is 35.7 Å². The van der Waals surface area contributed by atoms with Gasteiger partial charge in [0, 0.05) is 27.6 Å². The van der Waals surface area contributed by atoms with Gasteiger partial charge in [-0.05, 0) is 60.1 Å². The van der Waals surface area contributed by atoms with Crippen LogP contribution in [0.2, 0.25) is 5.02 Å². The molecule has 1 fully saturated rings. The molecule has 21 heavy (non-hydrogen) atoms. The van der Waals surface area contributed by atoms with Gasteiger partial charge in [0.25, 0.3) is 5.91 Å². The molecule has 110 valence electrons. The summed E-state index contributed by atoms with van der Waals surface area (Å²) in [6, 6.07) is 5.82. The zero-order valence-corrected chi connectivity index (χ0v) is 14.2. The van der Waals surface area contributed by atoms with Crippen molar-refractivity contribution in [3.8, 4) is 0 Å². The molecular weight excluding hydrogens is 401 g/mol. The largest absolute Gasteiger partial charge is 0.347 e. The number of rotatable bonds is 3. The summed E-state index contributed by atoms with van der Waals surface area (Å²) in [5.41, 5.74) is 0.608. The fourth-order valence-electron chi connectivity index (χ4n) is 2.82. The summed E-state index contributed by atoms with van der Waals surface area (Å²) in [6.45, 7) is 0. The van der Waals surface area contributed by atoms with Crippen molar-refractivity contribution in [1.29, 1.82) is 0 Å². The van der Waals surface area contributed by atoms with Gasteiger partial charge in [-0.2, -0.15) is 0 Å². The summed E-state index contributed by atoms with van der Waals surface area (Å²) < 4.78 is 3.03. The SMILES string of the molecule is O=C(NC1CCCC1n1ccnc1)c1ccc(I)c(Cl)c1. The predicted molar refractivity (Wildman–Crippen MR) is 90.5 cm³/mol. The molecule has 2 atom stereocenters. The Balaban J connectivity index is 1.73. The van der Waals surface area contributed by atoms with Crippen LogP contribution in [-0.2, 0) is 0 Å². The number of aromatic nitrogens is 2. The fourth-order valence-corrected chi connectivity index (χ4v) is 3.34. The van der Waals surface area contributed by atoms with Gasteiger partial charge in [-0.3, -0.25) is 4.79 Å². The lowest BCUT2D eigenvalue weighted by Gasteiger charge is -2.22. The van der Waals surface area contributed by atoms with Gasteiger partial charge in [0.2, 0.25) is 0 Å². The third-order valence-electron chi connectivity index (χ3n) is 3.89. The number of halogens is 2. The van der Waals surface area contributed by atoms with Gasteiger partial charge in [0.1, 0.15) is 0 Å². The fraction of sp³-hybridized carbons (Fsp3) is 0.333. The monoisotopic (exact) mass is 415 g/mol. The zero-order valence-electron chi connectivity index (χ0n) is 11.3. The van der Waals surface area contributed by atoms with E-state index in [0.717, 1.165) is 22.8 Å². The molecule has 2 unspecified atom stereocenters. The minimum absolute atomic E-state index is 0.0645. The van der Waals surface area contributed by atoms with E-state index in [4.69, 9.17) is 11.6 Å². The maximum absolute atomic E-state index is 12.4. The van der Waals surface area contributed by atoms with Gasteiger partial charge in [-0.1, -0.05) is 11.6 Å². The van der Waals surface area contributed by atoms with Crippen LogP contribution >= 0.6 is 34.2 Å². The molecule has 1 amide bonds. The van der Waals surface area contributed by atoms with Crippen molar-refractivity contribution in [2.45, 2.75) is 31.3 Å². The molecule has 1 aliphatic carbocycles. The van der Waals surface area contributed by atoms with Crippen molar-refractivity contribution < 1.29 is 4.79 Å². The van der Waals surface area contributed by atoms with Gasteiger partial charge in [0.15, 0.2) is 0 Å². The van der Waals surface area contributed by atoms with Crippen LogP contribution in [0.3, 0.4) is 0 Å². The highest BCUT2D eigenvalue weighted by Crippen LogP contribution is 2.30. The topological polar surface area (TPSA) is 46.9 Å². The number of carbonyl (C=O) groups is 1. The second-order valence-electron chi connectivity index (χ2n) is 5.22. The van der Waals surface area contributed by atoms with Crippen molar-refractivity contribution in [1.82, 2.24) is 14.9 Å². The number of nitrogens with zero attached hydrogens (tertiary/aromatic N) is 2. The normalized spacial score (nSPS) is 21.4. The van der Waals surface area contributed by atoms with Crippen molar-refractivity contribution in [2.24, 2.45) is 0 Å². The molecule has 0 radical (unpaired) electrons. The Morgan fingerprint density at radius 2 is 2.29 bits per heavy atom. The minimum atomic E-state index is -0.0645. The van der Waals surface area contributed by atoms with Gasteiger partial charge < -0.3 is 9.88 Å². The first-order chi connectivity index (χ1) is 10.1. The van der Waals surface area contributed by atoms with E-state index in [0.29, 0.717) is 10.6 Å². The average Bonchev–Trinajstić information content (AvgIpc) is 3.12. The first-order valence-electron chi connectivity index (χ1n) is 6.88.